The molecular formula is C8H10BrN3O2S. The maximum Gasteiger partial charge on any atom is 0.417 e. The Morgan fingerprint density at radius 2 is 2.33 bits per heavy atom. The number of halogens is 1. The predicted octanol–water partition coefficient (Wildman–Crippen LogP) is 1.31. The van der Waals surface area contributed by atoms with Gasteiger partial charge >= 0.3 is 6.09 Å². The van der Waals surface area contributed by atoms with Crippen LogP contribution < -0.4 is 10.1 Å². The molecule has 1 fully saturated rings. The molecule has 82 valence electrons. The first-order valence-corrected chi connectivity index (χ1v) is 6.15. The van der Waals surface area contributed by atoms with Gasteiger partial charge in [0.1, 0.15) is 0 Å². The number of ether oxygens (including phenoxy) is 1. The smallest absolute Gasteiger partial charge is 0.381 e. The van der Waals surface area contributed by atoms with Gasteiger partial charge < -0.3 is 15.0 Å². The number of thiazole rings is 1. The number of piperazine rings is 1. The van der Waals surface area contributed by atoms with E-state index in [4.69, 9.17) is 4.74 Å². The molecule has 1 aromatic rings. The number of amides is 1. The first-order valence-electron chi connectivity index (χ1n) is 4.54. The molecule has 0 aromatic carbocycles. The third kappa shape index (κ3) is 2.90. The molecule has 1 aromatic heterocycles. The molecular weight excluding hydrogens is 282 g/mol. The molecule has 1 aliphatic rings. The molecule has 2 heterocycles. The Balaban J connectivity index is 1.91. The van der Waals surface area contributed by atoms with Crippen molar-refractivity contribution in [3.05, 3.63) is 9.98 Å². The maximum absolute atomic E-state index is 11.6. The van der Waals surface area contributed by atoms with E-state index in [0.29, 0.717) is 18.3 Å². The molecule has 0 unspecified atom stereocenters. The van der Waals surface area contributed by atoms with Crippen LogP contribution in [0.3, 0.4) is 0 Å². The Kier molecular flexibility index (Phi) is 3.55. The molecule has 2 rings (SSSR count). The third-order valence-electron chi connectivity index (χ3n) is 2.01. The van der Waals surface area contributed by atoms with E-state index in [1.165, 1.54) is 11.3 Å². The highest BCUT2D eigenvalue weighted by Gasteiger charge is 2.19. The van der Waals surface area contributed by atoms with Crippen LogP contribution in [0, 0.1) is 0 Å². The molecule has 0 atom stereocenters. The van der Waals surface area contributed by atoms with Crippen molar-refractivity contribution in [2.45, 2.75) is 0 Å². The highest BCUT2D eigenvalue weighted by atomic mass is 79.9. The molecule has 7 heteroatoms. The fraction of sp³-hybridized carbons (Fsp3) is 0.500. The largest absolute Gasteiger partial charge is 0.417 e. The predicted molar refractivity (Wildman–Crippen MR) is 60.3 cm³/mol. The number of hydrogen-bond donors (Lipinski definition) is 1. The second-order valence-electron chi connectivity index (χ2n) is 3.04. The van der Waals surface area contributed by atoms with Crippen molar-refractivity contribution in [2.75, 3.05) is 26.2 Å². The quantitative estimate of drug-likeness (QED) is 0.848. The van der Waals surface area contributed by atoms with Gasteiger partial charge in [0, 0.05) is 26.2 Å². The summed E-state index contributed by atoms with van der Waals surface area (Å²) in [5.41, 5.74) is 0. The highest BCUT2D eigenvalue weighted by molar-refractivity contribution is 9.11. The Bertz CT molecular complexity index is 351. The van der Waals surface area contributed by atoms with E-state index in [-0.39, 0.29) is 6.09 Å². The van der Waals surface area contributed by atoms with Crippen LogP contribution in [0.4, 0.5) is 4.79 Å². The molecule has 0 radical (unpaired) electrons. The molecule has 5 nitrogen and oxygen atoms in total. The van der Waals surface area contributed by atoms with Gasteiger partial charge in [-0.1, -0.05) is 11.3 Å². The van der Waals surface area contributed by atoms with Crippen LogP contribution in [-0.4, -0.2) is 42.2 Å². The second kappa shape index (κ2) is 4.91. The lowest BCUT2D eigenvalue weighted by Crippen LogP contribution is -2.47. The van der Waals surface area contributed by atoms with E-state index >= 15 is 0 Å². The number of carbonyl (C=O) groups is 1. The van der Waals surface area contributed by atoms with Gasteiger partial charge in [0.15, 0.2) is 0 Å². The zero-order valence-corrected chi connectivity index (χ0v) is 10.3. The third-order valence-corrected chi connectivity index (χ3v) is 3.36. The zero-order chi connectivity index (χ0) is 10.7. The minimum absolute atomic E-state index is 0.321. The average molecular weight is 292 g/mol. The van der Waals surface area contributed by atoms with E-state index in [0.717, 1.165) is 16.9 Å². The number of nitrogens with zero attached hydrogens (tertiary/aromatic N) is 2. The maximum atomic E-state index is 11.6. The average Bonchev–Trinajstić information content (AvgIpc) is 2.65. The fourth-order valence-corrected chi connectivity index (χ4v) is 2.28. The Morgan fingerprint density at radius 3 is 2.93 bits per heavy atom. The van der Waals surface area contributed by atoms with Crippen molar-refractivity contribution in [1.82, 2.24) is 15.2 Å². The van der Waals surface area contributed by atoms with Crippen LogP contribution >= 0.6 is 27.3 Å². The number of nitrogens with one attached hydrogen (secondary N) is 1. The van der Waals surface area contributed by atoms with Crippen molar-refractivity contribution >= 4 is 33.4 Å². The Hall–Kier alpha value is -0.660. The minimum atomic E-state index is -0.321. The van der Waals surface area contributed by atoms with Gasteiger partial charge in [0.2, 0.25) is 0 Å². The molecule has 1 aliphatic heterocycles. The summed E-state index contributed by atoms with van der Waals surface area (Å²) in [6.45, 7) is 3.00. The number of hydrogen-bond acceptors (Lipinski definition) is 5. The van der Waals surface area contributed by atoms with Gasteiger partial charge in [-0.2, -0.15) is 0 Å². The number of aromatic nitrogens is 1. The normalized spacial score (nSPS) is 16.5. The van der Waals surface area contributed by atoms with E-state index in [9.17, 15) is 4.79 Å². The second-order valence-corrected chi connectivity index (χ2v) is 5.41. The summed E-state index contributed by atoms with van der Waals surface area (Å²) in [5, 5.41) is 3.55. The molecule has 1 amide bonds. The summed E-state index contributed by atoms with van der Waals surface area (Å²) in [7, 11) is 0. The lowest BCUT2D eigenvalue weighted by molar-refractivity contribution is 0.145. The van der Waals surface area contributed by atoms with Crippen LogP contribution in [0.15, 0.2) is 9.98 Å². The van der Waals surface area contributed by atoms with Gasteiger partial charge in [0.25, 0.3) is 5.19 Å². The van der Waals surface area contributed by atoms with E-state index in [2.05, 4.69) is 26.2 Å². The standard InChI is InChI=1S/C8H10BrN3O2S/c9-6-5-11-7(15-6)14-8(13)12-3-1-10-2-4-12/h5,10H,1-4H2. The van der Waals surface area contributed by atoms with Gasteiger partial charge in [-0.05, 0) is 15.9 Å². The molecule has 1 N–H and O–H groups in total. The molecule has 15 heavy (non-hydrogen) atoms. The molecule has 0 bridgehead atoms. The minimum Gasteiger partial charge on any atom is -0.381 e. The number of rotatable bonds is 1. The fourth-order valence-electron chi connectivity index (χ4n) is 1.27. The van der Waals surface area contributed by atoms with Crippen molar-refractivity contribution in [3.8, 4) is 5.19 Å². The first-order chi connectivity index (χ1) is 7.25. The van der Waals surface area contributed by atoms with Crippen LogP contribution in [0.25, 0.3) is 0 Å². The molecule has 1 saturated heterocycles. The lowest BCUT2D eigenvalue weighted by Gasteiger charge is -2.25. The topological polar surface area (TPSA) is 54.5 Å². The summed E-state index contributed by atoms with van der Waals surface area (Å²) >= 11 is 4.56. The van der Waals surface area contributed by atoms with E-state index in [1.807, 2.05) is 0 Å². The Morgan fingerprint density at radius 1 is 1.60 bits per heavy atom. The number of carbonyl (C=O) groups excluding carboxylic acids is 1. The van der Waals surface area contributed by atoms with Crippen molar-refractivity contribution in [3.63, 3.8) is 0 Å². The van der Waals surface area contributed by atoms with Gasteiger partial charge in [-0.3, -0.25) is 0 Å². The summed E-state index contributed by atoms with van der Waals surface area (Å²) in [6, 6.07) is 0. The molecule has 0 aliphatic carbocycles. The van der Waals surface area contributed by atoms with Crippen molar-refractivity contribution in [2.24, 2.45) is 0 Å². The Labute approximate surface area is 99.6 Å². The van der Waals surface area contributed by atoms with E-state index in [1.54, 1.807) is 11.1 Å². The highest BCUT2D eigenvalue weighted by Crippen LogP contribution is 2.25. The summed E-state index contributed by atoms with van der Waals surface area (Å²) in [6.07, 6.45) is 1.30. The van der Waals surface area contributed by atoms with Crippen LogP contribution in [0.2, 0.25) is 0 Å². The summed E-state index contributed by atoms with van der Waals surface area (Å²) in [4.78, 5) is 17.2. The van der Waals surface area contributed by atoms with Crippen molar-refractivity contribution in [1.29, 1.82) is 0 Å². The molecule has 0 saturated carbocycles. The first kappa shape index (κ1) is 10.8. The van der Waals surface area contributed by atoms with Crippen molar-refractivity contribution < 1.29 is 9.53 Å². The van der Waals surface area contributed by atoms with Gasteiger partial charge in [-0.15, -0.1) is 0 Å². The van der Waals surface area contributed by atoms with Gasteiger partial charge in [-0.25, -0.2) is 9.78 Å². The zero-order valence-electron chi connectivity index (χ0n) is 7.90. The van der Waals surface area contributed by atoms with Gasteiger partial charge in [0.05, 0.1) is 9.98 Å². The lowest BCUT2D eigenvalue weighted by atomic mass is 10.4. The van der Waals surface area contributed by atoms with E-state index < -0.39 is 0 Å². The monoisotopic (exact) mass is 291 g/mol. The van der Waals surface area contributed by atoms with Crippen LogP contribution in [-0.2, 0) is 0 Å². The summed E-state index contributed by atoms with van der Waals surface area (Å²) < 4.78 is 5.96. The van der Waals surface area contributed by atoms with Crippen LogP contribution in [0.1, 0.15) is 0 Å². The summed E-state index contributed by atoms with van der Waals surface area (Å²) in [5.74, 6) is 0. The SMILES string of the molecule is O=C(Oc1ncc(Br)s1)N1CCNCC1. The molecule has 0 spiro atoms. The van der Waals surface area contributed by atoms with Crippen LogP contribution in [0.5, 0.6) is 5.19 Å².